The lowest BCUT2D eigenvalue weighted by atomic mass is 10.2. The van der Waals surface area contributed by atoms with Gasteiger partial charge in [0.1, 0.15) is 11.5 Å². The first-order valence-electron chi connectivity index (χ1n) is 6.01. The highest BCUT2D eigenvalue weighted by Gasteiger charge is 2.06. The largest absolute Gasteiger partial charge is 0.484 e. The highest BCUT2D eigenvalue weighted by molar-refractivity contribution is 5.77. The number of hydrogen-bond acceptors (Lipinski definition) is 4. The Morgan fingerprint density at radius 2 is 2.16 bits per heavy atom. The first kappa shape index (κ1) is 13.1. The zero-order valence-electron chi connectivity index (χ0n) is 11.0. The molecule has 2 rings (SSSR count). The molecule has 0 aliphatic heterocycles. The zero-order valence-corrected chi connectivity index (χ0v) is 11.0. The van der Waals surface area contributed by atoms with Crippen molar-refractivity contribution in [3.05, 3.63) is 47.7 Å². The van der Waals surface area contributed by atoms with Crippen LogP contribution < -0.4 is 10.1 Å². The van der Waals surface area contributed by atoms with Gasteiger partial charge in [-0.1, -0.05) is 18.2 Å². The summed E-state index contributed by atoms with van der Waals surface area (Å²) in [6, 6.07) is 7.56. The number of amides is 1. The molecule has 0 spiro atoms. The lowest BCUT2D eigenvalue weighted by molar-refractivity contribution is -0.123. The molecule has 1 aromatic heterocycles. The van der Waals surface area contributed by atoms with E-state index in [4.69, 9.17) is 9.15 Å². The maximum atomic E-state index is 11.6. The number of carbonyl (C=O) groups excluding carboxylic acids is 1. The van der Waals surface area contributed by atoms with Crippen LogP contribution in [0.15, 0.2) is 34.9 Å². The summed E-state index contributed by atoms with van der Waals surface area (Å²) in [4.78, 5) is 15.6. The van der Waals surface area contributed by atoms with E-state index in [1.807, 2.05) is 31.2 Å². The maximum Gasteiger partial charge on any atom is 0.258 e. The molecule has 2 aromatic rings. The second-order valence-corrected chi connectivity index (χ2v) is 4.20. The molecule has 5 nitrogen and oxygen atoms in total. The molecular formula is C14H16N2O3. The predicted octanol–water partition coefficient (Wildman–Crippen LogP) is 1.99. The predicted molar refractivity (Wildman–Crippen MR) is 69.8 cm³/mol. The standard InChI is InChI=1S/C14H16N2O3/c1-10-5-3-4-6-12(10)18-9-13(17)15-8-14-16-7-11(2)19-14/h3-7H,8-9H2,1-2H3,(H,15,17). The third kappa shape index (κ3) is 3.84. The second-order valence-electron chi connectivity index (χ2n) is 4.20. The van der Waals surface area contributed by atoms with E-state index >= 15 is 0 Å². The molecule has 0 saturated carbocycles. The van der Waals surface area contributed by atoms with Crippen molar-refractivity contribution in [2.75, 3.05) is 6.61 Å². The number of aryl methyl sites for hydroxylation is 2. The Morgan fingerprint density at radius 3 is 2.84 bits per heavy atom. The fraction of sp³-hybridized carbons (Fsp3) is 0.286. The van der Waals surface area contributed by atoms with Gasteiger partial charge in [-0.3, -0.25) is 4.79 Å². The Bertz CT molecular complexity index is 563. The summed E-state index contributed by atoms with van der Waals surface area (Å²) in [5, 5.41) is 2.68. The summed E-state index contributed by atoms with van der Waals surface area (Å²) in [6.07, 6.45) is 1.62. The number of aromatic nitrogens is 1. The molecule has 1 aromatic carbocycles. The molecule has 0 aliphatic rings. The van der Waals surface area contributed by atoms with Crippen LogP contribution in [0.4, 0.5) is 0 Å². The summed E-state index contributed by atoms with van der Waals surface area (Å²) in [7, 11) is 0. The molecule has 0 radical (unpaired) electrons. The van der Waals surface area contributed by atoms with Crippen LogP contribution in [0.3, 0.4) is 0 Å². The second kappa shape index (κ2) is 6.04. The van der Waals surface area contributed by atoms with Gasteiger partial charge in [0.2, 0.25) is 5.89 Å². The van der Waals surface area contributed by atoms with E-state index < -0.39 is 0 Å². The van der Waals surface area contributed by atoms with Gasteiger partial charge in [-0.2, -0.15) is 0 Å². The van der Waals surface area contributed by atoms with Gasteiger partial charge < -0.3 is 14.5 Å². The minimum absolute atomic E-state index is 0.0233. The normalized spacial score (nSPS) is 10.2. The first-order valence-corrected chi connectivity index (χ1v) is 6.01. The van der Waals surface area contributed by atoms with Gasteiger partial charge in [0.05, 0.1) is 12.7 Å². The van der Waals surface area contributed by atoms with E-state index in [1.165, 1.54) is 0 Å². The van der Waals surface area contributed by atoms with Crippen LogP contribution >= 0.6 is 0 Å². The number of oxazole rings is 1. The summed E-state index contributed by atoms with van der Waals surface area (Å²) in [5.74, 6) is 1.71. The third-order valence-electron chi connectivity index (χ3n) is 2.56. The van der Waals surface area contributed by atoms with Crippen molar-refractivity contribution in [2.24, 2.45) is 0 Å². The van der Waals surface area contributed by atoms with Gasteiger partial charge in [-0.05, 0) is 25.5 Å². The van der Waals surface area contributed by atoms with Gasteiger partial charge >= 0.3 is 0 Å². The molecule has 0 bridgehead atoms. The van der Waals surface area contributed by atoms with Crippen molar-refractivity contribution in [1.29, 1.82) is 0 Å². The number of para-hydroxylation sites is 1. The quantitative estimate of drug-likeness (QED) is 0.892. The van der Waals surface area contributed by atoms with E-state index in [-0.39, 0.29) is 19.1 Å². The van der Waals surface area contributed by atoms with Crippen LogP contribution in [0.1, 0.15) is 17.2 Å². The molecule has 1 N–H and O–H groups in total. The third-order valence-corrected chi connectivity index (χ3v) is 2.56. The lowest BCUT2D eigenvalue weighted by Gasteiger charge is -2.08. The van der Waals surface area contributed by atoms with Crippen LogP contribution in [0, 0.1) is 13.8 Å². The topological polar surface area (TPSA) is 64.4 Å². The number of rotatable bonds is 5. The number of benzene rings is 1. The van der Waals surface area contributed by atoms with E-state index in [0.717, 1.165) is 11.3 Å². The van der Waals surface area contributed by atoms with Crippen LogP contribution in [-0.2, 0) is 11.3 Å². The number of carbonyl (C=O) groups is 1. The van der Waals surface area contributed by atoms with Gasteiger partial charge in [0, 0.05) is 0 Å². The number of ether oxygens (including phenoxy) is 1. The average molecular weight is 260 g/mol. The molecule has 0 saturated heterocycles. The Hall–Kier alpha value is -2.30. The summed E-state index contributed by atoms with van der Waals surface area (Å²) in [6.45, 7) is 3.98. The summed E-state index contributed by atoms with van der Waals surface area (Å²) in [5.41, 5.74) is 0.999. The smallest absolute Gasteiger partial charge is 0.258 e. The molecule has 0 fully saturated rings. The van der Waals surface area contributed by atoms with Crippen molar-refractivity contribution in [3.63, 3.8) is 0 Å². The van der Waals surface area contributed by atoms with E-state index in [1.54, 1.807) is 13.1 Å². The molecule has 100 valence electrons. The maximum absolute atomic E-state index is 11.6. The van der Waals surface area contributed by atoms with Crippen molar-refractivity contribution in [1.82, 2.24) is 10.3 Å². The van der Waals surface area contributed by atoms with Crippen LogP contribution in [0.2, 0.25) is 0 Å². The van der Waals surface area contributed by atoms with Gasteiger partial charge in [-0.25, -0.2) is 4.98 Å². The fourth-order valence-electron chi connectivity index (χ4n) is 1.57. The molecule has 5 heteroatoms. The highest BCUT2D eigenvalue weighted by Crippen LogP contribution is 2.15. The van der Waals surface area contributed by atoms with E-state index in [9.17, 15) is 4.79 Å². The Labute approximate surface area is 111 Å². The molecule has 19 heavy (non-hydrogen) atoms. The molecule has 0 atom stereocenters. The lowest BCUT2D eigenvalue weighted by Crippen LogP contribution is -2.28. The minimum atomic E-state index is -0.209. The molecule has 0 unspecified atom stereocenters. The van der Waals surface area contributed by atoms with Crippen molar-refractivity contribution in [3.8, 4) is 5.75 Å². The van der Waals surface area contributed by atoms with Gasteiger partial charge in [0.15, 0.2) is 6.61 Å². The zero-order chi connectivity index (χ0) is 13.7. The fourth-order valence-corrected chi connectivity index (χ4v) is 1.57. The molecule has 1 amide bonds. The number of nitrogens with zero attached hydrogens (tertiary/aromatic N) is 1. The Balaban J connectivity index is 1.77. The molecule has 1 heterocycles. The van der Waals surface area contributed by atoms with Crippen molar-refractivity contribution < 1.29 is 13.9 Å². The Kier molecular flexibility index (Phi) is 4.18. The van der Waals surface area contributed by atoms with Crippen LogP contribution in [-0.4, -0.2) is 17.5 Å². The summed E-state index contributed by atoms with van der Waals surface area (Å²) >= 11 is 0. The minimum Gasteiger partial charge on any atom is -0.484 e. The van der Waals surface area contributed by atoms with E-state index in [0.29, 0.717) is 11.6 Å². The highest BCUT2D eigenvalue weighted by atomic mass is 16.5. The number of nitrogens with one attached hydrogen (secondary N) is 1. The first-order chi connectivity index (χ1) is 9.15. The van der Waals surface area contributed by atoms with E-state index in [2.05, 4.69) is 10.3 Å². The average Bonchev–Trinajstić information content (AvgIpc) is 2.81. The Morgan fingerprint density at radius 1 is 1.37 bits per heavy atom. The molecule has 0 aliphatic carbocycles. The number of hydrogen-bond donors (Lipinski definition) is 1. The van der Waals surface area contributed by atoms with Crippen LogP contribution in [0.25, 0.3) is 0 Å². The van der Waals surface area contributed by atoms with Gasteiger partial charge in [0.25, 0.3) is 5.91 Å². The monoisotopic (exact) mass is 260 g/mol. The van der Waals surface area contributed by atoms with Crippen LogP contribution in [0.5, 0.6) is 5.75 Å². The molecular weight excluding hydrogens is 244 g/mol. The van der Waals surface area contributed by atoms with Crippen molar-refractivity contribution >= 4 is 5.91 Å². The van der Waals surface area contributed by atoms with Gasteiger partial charge in [-0.15, -0.1) is 0 Å². The summed E-state index contributed by atoms with van der Waals surface area (Å²) < 4.78 is 10.7. The SMILES string of the molecule is Cc1cnc(CNC(=O)COc2ccccc2C)o1. The van der Waals surface area contributed by atoms with Crippen molar-refractivity contribution in [2.45, 2.75) is 20.4 Å².